The Bertz CT molecular complexity index is 745. The molecule has 0 saturated carbocycles. The summed E-state index contributed by atoms with van der Waals surface area (Å²) in [6.07, 6.45) is 0.0784. The van der Waals surface area contributed by atoms with E-state index < -0.39 is 6.09 Å². The van der Waals surface area contributed by atoms with Crippen LogP contribution in [0.25, 0.3) is 0 Å². The van der Waals surface area contributed by atoms with Crippen molar-refractivity contribution in [2.45, 2.75) is 26.9 Å². The van der Waals surface area contributed by atoms with Crippen LogP contribution in [-0.4, -0.2) is 25.5 Å². The molecule has 0 unspecified atom stereocenters. The van der Waals surface area contributed by atoms with Crippen LogP contribution >= 0.6 is 0 Å². The SMILES string of the molecule is CCc1ccc(OCc2cc(OC)ccc2N(O)C(=O)OC)c(C)c1. The Morgan fingerprint density at radius 3 is 2.52 bits per heavy atom. The van der Waals surface area contributed by atoms with E-state index >= 15 is 0 Å². The van der Waals surface area contributed by atoms with E-state index in [9.17, 15) is 10.0 Å². The fraction of sp³-hybridized carbons (Fsp3) is 0.316. The normalized spacial score (nSPS) is 10.3. The average Bonchev–Trinajstić information content (AvgIpc) is 2.65. The number of ether oxygens (including phenoxy) is 3. The van der Waals surface area contributed by atoms with Gasteiger partial charge in [-0.25, -0.2) is 4.79 Å². The van der Waals surface area contributed by atoms with Crippen LogP contribution in [0, 0.1) is 6.92 Å². The molecule has 0 bridgehead atoms. The van der Waals surface area contributed by atoms with Gasteiger partial charge in [-0.3, -0.25) is 5.21 Å². The van der Waals surface area contributed by atoms with Crippen LogP contribution in [0.5, 0.6) is 11.5 Å². The molecule has 2 aromatic carbocycles. The quantitative estimate of drug-likeness (QED) is 0.630. The third-order valence-electron chi connectivity index (χ3n) is 3.89. The van der Waals surface area contributed by atoms with Gasteiger partial charge >= 0.3 is 6.09 Å². The highest BCUT2D eigenvalue weighted by Gasteiger charge is 2.18. The lowest BCUT2D eigenvalue weighted by molar-refractivity contribution is 0.140. The third kappa shape index (κ3) is 4.42. The topological polar surface area (TPSA) is 68.2 Å². The van der Waals surface area contributed by atoms with Gasteiger partial charge in [-0.15, -0.1) is 0 Å². The minimum Gasteiger partial charge on any atom is -0.497 e. The molecule has 0 aliphatic rings. The lowest BCUT2D eigenvalue weighted by atomic mass is 10.1. The number of carbonyl (C=O) groups excluding carboxylic acids is 1. The molecule has 0 aromatic heterocycles. The fourth-order valence-electron chi connectivity index (χ4n) is 2.44. The van der Waals surface area contributed by atoms with Crippen molar-refractivity contribution in [3.05, 3.63) is 53.1 Å². The van der Waals surface area contributed by atoms with E-state index in [1.807, 2.05) is 19.1 Å². The number of hydroxylamine groups is 1. The summed E-state index contributed by atoms with van der Waals surface area (Å²) < 4.78 is 15.6. The number of hydrogen-bond acceptors (Lipinski definition) is 5. The predicted octanol–water partition coefficient (Wildman–Crippen LogP) is 4.11. The standard InChI is InChI=1S/C19H23NO5/c1-5-14-6-9-18(13(2)10-14)25-12-15-11-16(23-3)7-8-17(15)20(22)19(21)24-4/h6-11,22H,5,12H2,1-4H3. The Morgan fingerprint density at radius 2 is 1.92 bits per heavy atom. The summed E-state index contributed by atoms with van der Waals surface area (Å²) >= 11 is 0. The molecule has 0 fully saturated rings. The number of aryl methyl sites for hydroxylation is 2. The maximum absolute atomic E-state index is 11.6. The van der Waals surface area contributed by atoms with Crippen molar-refractivity contribution < 1.29 is 24.2 Å². The lowest BCUT2D eigenvalue weighted by Crippen LogP contribution is -2.27. The van der Waals surface area contributed by atoms with Crippen LogP contribution in [0.15, 0.2) is 36.4 Å². The van der Waals surface area contributed by atoms with Crippen LogP contribution in [0.4, 0.5) is 10.5 Å². The van der Waals surface area contributed by atoms with Gasteiger partial charge in [0.25, 0.3) is 0 Å². The summed E-state index contributed by atoms with van der Waals surface area (Å²) in [5, 5.41) is 10.5. The molecule has 0 spiro atoms. The second-order valence-electron chi connectivity index (χ2n) is 5.52. The first-order chi connectivity index (χ1) is 12.0. The molecule has 0 aliphatic carbocycles. The van der Waals surface area contributed by atoms with E-state index in [0.29, 0.717) is 16.4 Å². The fourth-order valence-corrected chi connectivity index (χ4v) is 2.44. The third-order valence-corrected chi connectivity index (χ3v) is 3.89. The van der Waals surface area contributed by atoms with Gasteiger partial charge in [0.2, 0.25) is 0 Å². The molecule has 25 heavy (non-hydrogen) atoms. The summed E-state index contributed by atoms with van der Waals surface area (Å²) in [7, 11) is 2.74. The second-order valence-corrected chi connectivity index (χ2v) is 5.52. The number of rotatable bonds is 6. The van der Waals surface area contributed by atoms with Crippen molar-refractivity contribution in [1.82, 2.24) is 0 Å². The first kappa shape index (κ1) is 18.6. The Balaban J connectivity index is 2.26. The summed E-state index contributed by atoms with van der Waals surface area (Å²) in [5.74, 6) is 1.34. The van der Waals surface area contributed by atoms with E-state index in [1.165, 1.54) is 12.7 Å². The van der Waals surface area contributed by atoms with Crippen molar-refractivity contribution in [2.75, 3.05) is 19.3 Å². The zero-order valence-electron chi connectivity index (χ0n) is 14.9. The zero-order valence-corrected chi connectivity index (χ0v) is 14.9. The molecule has 0 radical (unpaired) electrons. The molecule has 6 heteroatoms. The molecule has 1 amide bonds. The van der Waals surface area contributed by atoms with Crippen molar-refractivity contribution in [3.8, 4) is 11.5 Å². The number of benzene rings is 2. The molecular weight excluding hydrogens is 322 g/mol. The van der Waals surface area contributed by atoms with E-state index in [2.05, 4.69) is 17.7 Å². The smallest absolute Gasteiger partial charge is 0.438 e. The predicted molar refractivity (Wildman–Crippen MR) is 94.6 cm³/mol. The average molecular weight is 345 g/mol. The van der Waals surface area contributed by atoms with Crippen LogP contribution < -0.4 is 14.5 Å². The molecule has 0 saturated heterocycles. The van der Waals surface area contributed by atoms with Crippen LogP contribution in [-0.2, 0) is 17.8 Å². The molecule has 0 aliphatic heterocycles. The van der Waals surface area contributed by atoms with Crippen molar-refractivity contribution in [2.24, 2.45) is 0 Å². The molecule has 0 heterocycles. The number of nitrogens with zero attached hydrogens (tertiary/aromatic N) is 1. The molecule has 0 atom stereocenters. The largest absolute Gasteiger partial charge is 0.497 e. The van der Waals surface area contributed by atoms with E-state index in [1.54, 1.807) is 25.3 Å². The van der Waals surface area contributed by atoms with Crippen molar-refractivity contribution in [3.63, 3.8) is 0 Å². The highest BCUT2D eigenvalue weighted by Crippen LogP contribution is 2.28. The Kier molecular flexibility index (Phi) is 6.25. The number of anilines is 1. The second kappa shape index (κ2) is 8.39. The first-order valence-corrected chi connectivity index (χ1v) is 7.96. The van der Waals surface area contributed by atoms with Gasteiger partial charge in [0.15, 0.2) is 0 Å². The highest BCUT2D eigenvalue weighted by molar-refractivity contribution is 5.86. The Labute approximate surface area is 147 Å². The Hall–Kier alpha value is -2.73. The maximum atomic E-state index is 11.6. The highest BCUT2D eigenvalue weighted by atomic mass is 16.6. The van der Waals surface area contributed by atoms with Gasteiger partial charge in [-0.1, -0.05) is 19.1 Å². The van der Waals surface area contributed by atoms with Gasteiger partial charge in [-0.05, 0) is 48.7 Å². The minimum absolute atomic E-state index is 0.160. The maximum Gasteiger partial charge on any atom is 0.438 e. The van der Waals surface area contributed by atoms with Gasteiger partial charge in [0, 0.05) is 5.56 Å². The van der Waals surface area contributed by atoms with Crippen LogP contribution in [0.3, 0.4) is 0 Å². The van der Waals surface area contributed by atoms with Gasteiger partial charge < -0.3 is 14.2 Å². The van der Waals surface area contributed by atoms with Crippen molar-refractivity contribution >= 4 is 11.8 Å². The number of methoxy groups -OCH3 is 2. The number of amides is 1. The molecule has 2 rings (SSSR count). The zero-order chi connectivity index (χ0) is 18.4. The van der Waals surface area contributed by atoms with Crippen molar-refractivity contribution in [1.29, 1.82) is 0 Å². The lowest BCUT2D eigenvalue weighted by Gasteiger charge is -2.19. The summed E-state index contributed by atoms with van der Waals surface area (Å²) in [6.45, 7) is 4.24. The summed E-state index contributed by atoms with van der Waals surface area (Å²) in [4.78, 5) is 11.6. The number of hydrogen-bond donors (Lipinski definition) is 1. The van der Waals surface area contributed by atoms with Gasteiger partial charge in [0.1, 0.15) is 18.1 Å². The van der Waals surface area contributed by atoms with Gasteiger partial charge in [-0.2, -0.15) is 5.06 Å². The molecular formula is C19H23NO5. The van der Waals surface area contributed by atoms with E-state index in [0.717, 1.165) is 17.7 Å². The molecule has 1 N–H and O–H groups in total. The summed E-state index contributed by atoms with van der Waals surface area (Å²) in [6, 6.07) is 10.9. The first-order valence-electron chi connectivity index (χ1n) is 7.96. The van der Waals surface area contributed by atoms with E-state index in [4.69, 9.17) is 9.47 Å². The molecule has 2 aromatic rings. The molecule has 134 valence electrons. The van der Waals surface area contributed by atoms with Crippen LogP contribution in [0.1, 0.15) is 23.6 Å². The monoisotopic (exact) mass is 345 g/mol. The van der Waals surface area contributed by atoms with Gasteiger partial charge in [0.05, 0.1) is 19.9 Å². The Morgan fingerprint density at radius 1 is 1.16 bits per heavy atom. The van der Waals surface area contributed by atoms with E-state index in [-0.39, 0.29) is 12.3 Å². The number of carbonyl (C=O) groups is 1. The summed E-state index contributed by atoms with van der Waals surface area (Å²) in [5.41, 5.74) is 3.12. The molecule has 6 nitrogen and oxygen atoms in total. The van der Waals surface area contributed by atoms with Crippen LogP contribution in [0.2, 0.25) is 0 Å². The minimum atomic E-state index is -0.880.